The molecule has 0 unspecified atom stereocenters. The molecule has 1 aromatic carbocycles. The van der Waals surface area contributed by atoms with Crippen LogP contribution < -0.4 is 5.32 Å². The van der Waals surface area contributed by atoms with E-state index in [1.54, 1.807) is 19.1 Å². The van der Waals surface area contributed by atoms with Crippen LogP contribution in [0.2, 0.25) is 0 Å². The van der Waals surface area contributed by atoms with Crippen molar-refractivity contribution in [3.05, 3.63) is 35.9 Å². The predicted octanol–water partition coefficient (Wildman–Crippen LogP) is 1.53. The van der Waals surface area contributed by atoms with Gasteiger partial charge >= 0.3 is 5.97 Å². The van der Waals surface area contributed by atoms with Gasteiger partial charge in [-0.05, 0) is 25.5 Å². The molecule has 1 aliphatic rings. The van der Waals surface area contributed by atoms with Crippen LogP contribution in [-0.4, -0.2) is 37.2 Å². The number of nitrogens with one attached hydrogen (secondary N) is 1. The standard InChI is InChI=1S/C15H19NO4/c1-2-19-14(17)10-13-12(8-9-20-13)16-15(18)11-6-4-3-5-7-11/h3-7,12-13H,2,8-10H2,1H3,(H,16,18)/t12-,13+/m1/s1. The molecule has 108 valence electrons. The fraction of sp³-hybridized carbons (Fsp3) is 0.467. The van der Waals surface area contributed by atoms with Gasteiger partial charge in [0.05, 0.1) is 25.2 Å². The van der Waals surface area contributed by atoms with E-state index in [9.17, 15) is 9.59 Å². The van der Waals surface area contributed by atoms with Crippen LogP contribution in [0.15, 0.2) is 30.3 Å². The molecular weight excluding hydrogens is 258 g/mol. The summed E-state index contributed by atoms with van der Waals surface area (Å²) in [5.41, 5.74) is 0.606. The monoisotopic (exact) mass is 277 g/mol. The number of esters is 1. The van der Waals surface area contributed by atoms with Crippen molar-refractivity contribution in [3.63, 3.8) is 0 Å². The number of hydrogen-bond acceptors (Lipinski definition) is 4. The van der Waals surface area contributed by atoms with Gasteiger partial charge in [-0.25, -0.2) is 0 Å². The lowest BCUT2D eigenvalue weighted by Crippen LogP contribution is -2.41. The van der Waals surface area contributed by atoms with E-state index in [1.807, 2.05) is 18.2 Å². The molecule has 5 nitrogen and oxygen atoms in total. The minimum atomic E-state index is -0.304. The first-order valence-electron chi connectivity index (χ1n) is 6.84. The maximum absolute atomic E-state index is 12.1. The third-order valence-corrected chi connectivity index (χ3v) is 3.24. The van der Waals surface area contributed by atoms with Crippen LogP contribution in [0.3, 0.4) is 0 Å². The average molecular weight is 277 g/mol. The summed E-state index contributed by atoms with van der Waals surface area (Å²) in [5.74, 6) is -0.437. The van der Waals surface area contributed by atoms with Crippen LogP contribution >= 0.6 is 0 Å². The molecule has 0 saturated carbocycles. The smallest absolute Gasteiger partial charge is 0.308 e. The van der Waals surface area contributed by atoms with Crippen molar-refractivity contribution in [1.29, 1.82) is 0 Å². The molecule has 0 radical (unpaired) electrons. The quantitative estimate of drug-likeness (QED) is 0.829. The van der Waals surface area contributed by atoms with Gasteiger partial charge in [0.1, 0.15) is 0 Å². The van der Waals surface area contributed by atoms with Gasteiger partial charge in [-0.15, -0.1) is 0 Å². The highest BCUT2D eigenvalue weighted by atomic mass is 16.5. The second-order valence-electron chi connectivity index (χ2n) is 4.65. The van der Waals surface area contributed by atoms with Crippen molar-refractivity contribution in [1.82, 2.24) is 5.32 Å². The Balaban J connectivity index is 1.91. The zero-order chi connectivity index (χ0) is 14.4. The number of amides is 1. The maximum Gasteiger partial charge on any atom is 0.308 e. The summed E-state index contributed by atoms with van der Waals surface area (Å²) in [6.45, 7) is 2.67. The first-order chi connectivity index (χ1) is 9.70. The largest absolute Gasteiger partial charge is 0.466 e. The van der Waals surface area contributed by atoms with E-state index < -0.39 is 0 Å². The first-order valence-corrected chi connectivity index (χ1v) is 6.84. The number of benzene rings is 1. The highest BCUT2D eigenvalue weighted by Gasteiger charge is 2.31. The minimum absolute atomic E-state index is 0.144. The normalized spacial score (nSPS) is 21.4. The van der Waals surface area contributed by atoms with E-state index in [1.165, 1.54) is 0 Å². The Morgan fingerprint density at radius 3 is 2.80 bits per heavy atom. The Morgan fingerprint density at radius 1 is 1.35 bits per heavy atom. The van der Waals surface area contributed by atoms with Gasteiger partial charge in [-0.3, -0.25) is 9.59 Å². The summed E-state index contributed by atoms with van der Waals surface area (Å²) in [6, 6.07) is 8.86. The third-order valence-electron chi connectivity index (χ3n) is 3.24. The molecule has 1 aromatic rings. The van der Waals surface area contributed by atoms with Crippen molar-refractivity contribution in [2.45, 2.75) is 31.9 Å². The highest BCUT2D eigenvalue weighted by molar-refractivity contribution is 5.94. The maximum atomic E-state index is 12.1. The highest BCUT2D eigenvalue weighted by Crippen LogP contribution is 2.18. The molecule has 0 aliphatic carbocycles. The lowest BCUT2D eigenvalue weighted by Gasteiger charge is -2.19. The summed E-state index contributed by atoms with van der Waals surface area (Å²) >= 11 is 0. The summed E-state index contributed by atoms with van der Waals surface area (Å²) in [7, 11) is 0. The molecule has 5 heteroatoms. The Hall–Kier alpha value is -1.88. The van der Waals surface area contributed by atoms with Gasteiger partial charge in [0.15, 0.2) is 0 Å². The lowest BCUT2D eigenvalue weighted by atomic mass is 10.1. The van der Waals surface area contributed by atoms with E-state index >= 15 is 0 Å². The molecule has 0 spiro atoms. The predicted molar refractivity (Wildman–Crippen MR) is 73.3 cm³/mol. The minimum Gasteiger partial charge on any atom is -0.466 e. The molecule has 2 rings (SSSR count). The van der Waals surface area contributed by atoms with E-state index in [0.29, 0.717) is 25.2 Å². The third kappa shape index (κ3) is 3.81. The van der Waals surface area contributed by atoms with Crippen molar-refractivity contribution in [2.24, 2.45) is 0 Å². The fourth-order valence-electron chi connectivity index (χ4n) is 2.24. The number of rotatable bonds is 5. The van der Waals surface area contributed by atoms with Crippen LogP contribution in [0.25, 0.3) is 0 Å². The van der Waals surface area contributed by atoms with Gasteiger partial charge in [0.2, 0.25) is 0 Å². The SMILES string of the molecule is CCOC(=O)C[C@@H]1OCC[C@H]1NC(=O)c1ccccc1. The molecule has 2 atom stereocenters. The number of ether oxygens (including phenoxy) is 2. The zero-order valence-corrected chi connectivity index (χ0v) is 11.5. The van der Waals surface area contributed by atoms with Gasteiger partial charge in [0.25, 0.3) is 5.91 Å². The van der Waals surface area contributed by atoms with E-state index in [-0.39, 0.29) is 30.4 Å². The average Bonchev–Trinajstić information content (AvgIpc) is 2.87. The van der Waals surface area contributed by atoms with Crippen molar-refractivity contribution in [3.8, 4) is 0 Å². The summed E-state index contributed by atoms with van der Waals surface area (Å²) in [6.07, 6.45) is 0.581. The number of hydrogen-bond donors (Lipinski definition) is 1. The molecule has 0 bridgehead atoms. The molecule has 1 saturated heterocycles. The number of carbonyl (C=O) groups excluding carboxylic acids is 2. The van der Waals surface area contributed by atoms with E-state index in [4.69, 9.17) is 9.47 Å². The summed E-state index contributed by atoms with van der Waals surface area (Å²) in [5, 5.41) is 2.92. The molecule has 1 fully saturated rings. The molecule has 1 amide bonds. The van der Waals surface area contributed by atoms with Crippen LogP contribution in [0.5, 0.6) is 0 Å². The van der Waals surface area contributed by atoms with Crippen LogP contribution in [-0.2, 0) is 14.3 Å². The lowest BCUT2D eigenvalue weighted by molar-refractivity contribution is -0.145. The molecule has 1 heterocycles. The van der Waals surface area contributed by atoms with Gasteiger partial charge < -0.3 is 14.8 Å². The van der Waals surface area contributed by atoms with E-state index in [2.05, 4.69) is 5.32 Å². The van der Waals surface area contributed by atoms with Gasteiger partial charge in [-0.2, -0.15) is 0 Å². The molecular formula is C15H19NO4. The van der Waals surface area contributed by atoms with Gasteiger partial charge in [0, 0.05) is 12.2 Å². The van der Waals surface area contributed by atoms with Gasteiger partial charge in [-0.1, -0.05) is 18.2 Å². The van der Waals surface area contributed by atoms with Crippen molar-refractivity contribution < 1.29 is 19.1 Å². The Labute approximate surface area is 118 Å². The molecule has 20 heavy (non-hydrogen) atoms. The second-order valence-corrected chi connectivity index (χ2v) is 4.65. The summed E-state index contributed by atoms with van der Waals surface area (Å²) in [4.78, 5) is 23.6. The van der Waals surface area contributed by atoms with Crippen LogP contribution in [0.1, 0.15) is 30.1 Å². The Bertz CT molecular complexity index is 460. The molecule has 1 aliphatic heterocycles. The Morgan fingerprint density at radius 2 is 2.10 bits per heavy atom. The zero-order valence-electron chi connectivity index (χ0n) is 11.5. The summed E-state index contributed by atoms with van der Waals surface area (Å²) < 4.78 is 10.4. The number of carbonyl (C=O) groups is 2. The topological polar surface area (TPSA) is 64.6 Å². The molecule has 0 aromatic heterocycles. The Kier molecular flexibility index (Phi) is 5.12. The van der Waals surface area contributed by atoms with Crippen molar-refractivity contribution >= 4 is 11.9 Å². The first kappa shape index (κ1) is 14.5. The second kappa shape index (κ2) is 7.05. The van der Waals surface area contributed by atoms with Crippen LogP contribution in [0, 0.1) is 0 Å². The van der Waals surface area contributed by atoms with Crippen LogP contribution in [0.4, 0.5) is 0 Å². The van der Waals surface area contributed by atoms with E-state index in [0.717, 1.165) is 0 Å². The molecule has 1 N–H and O–H groups in total. The fourth-order valence-corrected chi connectivity index (χ4v) is 2.24. The van der Waals surface area contributed by atoms with Crippen molar-refractivity contribution in [2.75, 3.05) is 13.2 Å².